The van der Waals surface area contributed by atoms with Crippen molar-refractivity contribution >= 4 is 5.69 Å². The SMILES string of the molecule is COc1ccc(CN2CCCC2(C)C)c(N)c1. The maximum absolute atomic E-state index is 6.06. The van der Waals surface area contributed by atoms with Gasteiger partial charge in [0.15, 0.2) is 0 Å². The lowest BCUT2D eigenvalue weighted by molar-refractivity contribution is 0.167. The average molecular weight is 234 g/mol. The Kier molecular flexibility index (Phi) is 3.29. The fourth-order valence-corrected chi connectivity index (χ4v) is 2.51. The van der Waals surface area contributed by atoms with E-state index < -0.39 is 0 Å². The van der Waals surface area contributed by atoms with Crippen molar-refractivity contribution < 1.29 is 4.74 Å². The highest BCUT2D eigenvalue weighted by Gasteiger charge is 2.31. The van der Waals surface area contributed by atoms with E-state index in [0.29, 0.717) is 5.54 Å². The lowest BCUT2D eigenvalue weighted by atomic mass is 10.0. The molecule has 94 valence electrons. The molecule has 0 saturated carbocycles. The number of methoxy groups -OCH3 is 1. The van der Waals surface area contributed by atoms with E-state index in [2.05, 4.69) is 24.8 Å². The first-order valence-electron chi connectivity index (χ1n) is 6.20. The van der Waals surface area contributed by atoms with Crippen LogP contribution in [-0.4, -0.2) is 24.1 Å². The van der Waals surface area contributed by atoms with Gasteiger partial charge in [0, 0.05) is 23.8 Å². The Morgan fingerprint density at radius 2 is 2.18 bits per heavy atom. The van der Waals surface area contributed by atoms with Gasteiger partial charge in [-0.25, -0.2) is 0 Å². The summed E-state index contributed by atoms with van der Waals surface area (Å²) in [6.45, 7) is 6.71. The number of nitrogens with two attached hydrogens (primary N) is 1. The molecule has 0 radical (unpaired) electrons. The van der Waals surface area contributed by atoms with Gasteiger partial charge in [-0.2, -0.15) is 0 Å². The van der Waals surface area contributed by atoms with Gasteiger partial charge in [0.25, 0.3) is 0 Å². The third kappa shape index (κ3) is 2.55. The predicted octanol–water partition coefficient (Wildman–Crippen LogP) is 2.65. The van der Waals surface area contributed by atoms with Gasteiger partial charge in [0.1, 0.15) is 5.75 Å². The summed E-state index contributed by atoms with van der Waals surface area (Å²) in [6.07, 6.45) is 2.55. The molecule has 17 heavy (non-hydrogen) atoms. The minimum atomic E-state index is 0.298. The molecule has 1 fully saturated rings. The number of rotatable bonds is 3. The summed E-state index contributed by atoms with van der Waals surface area (Å²) in [7, 11) is 1.66. The molecule has 0 amide bonds. The minimum absolute atomic E-state index is 0.298. The number of benzene rings is 1. The Bertz CT molecular complexity index is 401. The molecule has 1 aliphatic rings. The third-order valence-corrected chi connectivity index (χ3v) is 3.79. The molecule has 3 heteroatoms. The number of nitrogens with zero attached hydrogens (tertiary/aromatic N) is 1. The lowest BCUT2D eigenvalue weighted by Crippen LogP contribution is -2.37. The Morgan fingerprint density at radius 1 is 1.41 bits per heavy atom. The summed E-state index contributed by atoms with van der Waals surface area (Å²) in [5.41, 5.74) is 8.38. The summed E-state index contributed by atoms with van der Waals surface area (Å²) >= 11 is 0. The summed E-state index contributed by atoms with van der Waals surface area (Å²) in [5, 5.41) is 0. The van der Waals surface area contributed by atoms with Crippen LogP contribution in [-0.2, 0) is 6.54 Å². The van der Waals surface area contributed by atoms with E-state index in [1.54, 1.807) is 7.11 Å². The van der Waals surface area contributed by atoms with Gasteiger partial charge in [-0.1, -0.05) is 6.07 Å². The van der Waals surface area contributed by atoms with Gasteiger partial charge in [0.2, 0.25) is 0 Å². The molecule has 0 atom stereocenters. The Morgan fingerprint density at radius 3 is 2.71 bits per heavy atom. The summed E-state index contributed by atoms with van der Waals surface area (Å²) in [4.78, 5) is 2.51. The number of hydrogen-bond donors (Lipinski definition) is 1. The van der Waals surface area contributed by atoms with Gasteiger partial charge >= 0.3 is 0 Å². The van der Waals surface area contributed by atoms with E-state index in [9.17, 15) is 0 Å². The van der Waals surface area contributed by atoms with Crippen LogP contribution in [0.3, 0.4) is 0 Å². The van der Waals surface area contributed by atoms with Crippen LogP contribution in [0.25, 0.3) is 0 Å². The standard InChI is InChI=1S/C14H22N2O/c1-14(2)7-4-8-16(14)10-11-5-6-12(17-3)9-13(11)15/h5-6,9H,4,7-8,10,15H2,1-3H3. The predicted molar refractivity (Wildman–Crippen MR) is 71.1 cm³/mol. The Labute approximate surface area is 104 Å². The van der Waals surface area contributed by atoms with Crippen molar-refractivity contribution in [2.45, 2.75) is 38.8 Å². The fraction of sp³-hybridized carbons (Fsp3) is 0.571. The first kappa shape index (κ1) is 12.2. The first-order valence-corrected chi connectivity index (χ1v) is 6.20. The second kappa shape index (κ2) is 4.57. The Balaban J connectivity index is 2.13. The molecule has 0 unspecified atom stereocenters. The summed E-state index contributed by atoms with van der Waals surface area (Å²) in [5.74, 6) is 0.826. The molecule has 3 nitrogen and oxygen atoms in total. The number of nitrogen functional groups attached to an aromatic ring is 1. The van der Waals surface area contributed by atoms with E-state index in [0.717, 1.165) is 18.0 Å². The van der Waals surface area contributed by atoms with Crippen LogP contribution in [0.4, 0.5) is 5.69 Å². The van der Waals surface area contributed by atoms with E-state index >= 15 is 0 Å². The topological polar surface area (TPSA) is 38.5 Å². The number of ether oxygens (including phenoxy) is 1. The van der Waals surface area contributed by atoms with Crippen molar-refractivity contribution in [3.63, 3.8) is 0 Å². The highest BCUT2D eigenvalue weighted by atomic mass is 16.5. The van der Waals surface area contributed by atoms with Crippen LogP contribution >= 0.6 is 0 Å². The zero-order valence-electron chi connectivity index (χ0n) is 11.0. The van der Waals surface area contributed by atoms with Crippen molar-refractivity contribution in [1.29, 1.82) is 0 Å². The molecule has 1 heterocycles. The molecule has 0 spiro atoms. The molecule has 1 aliphatic heterocycles. The molecule has 1 saturated heterocycles. The van der Waals surface area contributed by atoms with Crippen molar-refractivity contribution in [2.24, 2.45) is 0 Å². The zero-order valence-corrected chi connectivity index (χ0v) is 11.0. The van der Waals surface area contributed by atoms with Gasteiger partial charge < -0.3 is 10.5 Å². The minimum Gasteiger partial charge on any atom is -0.497 e. The van der Waals surface area contributed by atoms with Crippen molar-refractivity contribution in [3.8, 4) is 5.75 Å². The maximum Gasteiger partial charge on any atom is 0.120 e. The molecule has 1 aromatic rings. The van der Waals surface area contributed by atoms with Crippen LogP contribution < -0.4 is 10.5 Å². The highest BCUT2D eigenvalue weighted by molar-refractivity contribution is 5.51. The van der Waals surface area contributed by atoms with E-state index in [4.69, 9.17) is 10.5 Å². The third-order valence-electron chi connectivity index (χ3n) is 3.79. The number of likely N-dealkylation sites (tertiary alicyclic amines) is 1. The van der Waals surface area contributed by atoms with E-state index in [1.807, 2.05) is 12.1 Å². The van der Waals surface area contributed by atoms with Crippen molar-refractivity contribution in [2.75, 3.05) is 19.4 Å². The van der Waals surface area contributed by atoms with Crippen molar-refractivity contribution in [1.82, 2.24) is 4.90 Å². The second-order valence-electron chi connectivity index (χ2n) is 5.40. The molecule has 0 aromatic heterocycles. The Hall–Kier alpha value is -1.22. The molecule has 2 rings (SSSR count). The van der Waals surface area contributed by atoms with Crippen molar-refractivity contribution in [3.05, 3.63) is 23.8 Å². The first-order chi connectivity index (χ1) is 8.03. The van der Waals surface area contributed by atoms with Crippen LogP contribution in [0.15, 0.2) is 18.2 Å². The maximum atomic E-state index is 6.06. The summed E-state index contributed by atoms with van der Waals surface area (Å²) < 4.78 is 5.17. The fourth-order valence-electron chi connectivity index (χ4n) is 2.51. The van der Waals surface area contributed by atoms with Gasteiger partial charge in [-0.15, -0.1) is 0 Å². The lowest BCUT2D eigenvalue weighted by Gasteiger charge is -2.31. The molecule has 0 aliphatic carbocycles. The van der Waals surface area contributed by atoms with Crippen LogP contribution in [0, 0.1) is 0 Å². The number of anilines is 1. The molecular formula is C14H22N2O. The average Bonchev–Trinajstić information content (AvgIpc) is 2.61. The largest absolute Gasteiger partial charge is 0.497 e. The molecule has 0 bridgehead atoms. The summed E-state index contributed by atoms with van der Waals surface area (Å²) in [6, 6.07) is 5.95. The second-order valence-corrected chi connectivity index (χ2v) is 5.40. The highest BCUT2D eigenvalue weighted by Crippen LogP contribution is 2.31. The van der Waals surface area contributed by atoms with Crippen LogP contribution in [0.5, 0.6) is 5.75 Å². The normalized spacial score (nSPS) is 19.5. The zero-order chi connectivity index (χ0) is 12.5. The van der Waals surface area contributed by atoms with E-state index in [1.165, 1.54) is 24.9 Å². The van der Waals surface area contributed by atoms with E-state index in [-0.39, 0.29) is 0 Å². The smallest absolute Gasteiger partial charge is 0.120 e. The van der Waals surface area contributed by atoms with Gasteiger partial charge in [-0.3, -0.25) is 4.90 Å². The quantitative estimate of drug-likeness (QED) is 0.817. The number of hydrogen-bond acceptors (Lipinski definition) is 3. The molecular weight excluding hydrogens is 212 g/mol. The van der Waals surface area contributed by atoms with Gasteiger partial charge in [-0.05, 0) is 44.9 Å². The monoisotopic (exact) mass is 234 g/mol. The molecule has 2 N–H and O–H groups in total. The molecule has 1 aromatic carbocycles. The van der Waals surface area contributed by atoms with Gasteiger partial charge in [0.05, 0.1) is 7.11 Å². The van der Waals surface area contributed by atoms with Crippen LogP contribution in [0.2, 0.25) is 0 Å². The van der Waals surface area contributed by atoms with Crippen LogP contribution in [0.1, 0.15) is 32.3 Å².